The Bertz CT molecular complexity index is 839. The molecule has 0 unspecified atom stereocenters. The Labute approximate surface area is 126 Å². The number of carbonyl (C=O) groups is 1. The Kier molecular flexibility index (Phi) is 3.95. The van der Waals surface area contributed by atoms with E-state index in [4.69, 9.17) is 0 Å². The van der Waals surface area contributed by atoms with E-state index in [2.05, 4.69) is 15.6 Å². The van der Waals surface area contributed by atoms with Gasteiger partial charge in [0.1, 0.15) is 12.1 Å². The minimum atomic E-state index is -0.314. The van der Waals surface area contributed by atoms with Crippen molar-refractivity contribution in [1.29, 1.82) is 0 Å². The number of hydrogen-bond acceptors (Lipinski definition) is 4. The highest BCUT2D eigenvalue weighted by Crippen LogP contribution is 2.03. The third-order valence-electron chi connectivity index (χ3n) is 3.28. The highest BCUT2D eigenvalue weighted by atomic mass is 16.2. The van der Waals surface area contributed by atoms with Crippen molar-refractivity contribution in [2.24, 2.45) is 0 Å². The molecule has 0 atom stereocenters. The van der Waals surface area contributed by atoms with Crippen molar-refractivity contribution >= 4 is 16.8 Å². The zero-order valence-electron chi connectivity index (χ0n) is 11.8. The van der Waals surface area contributed by atoms with Crippen LogP contribution < -0.4 is 10.9 Å². The van der Waals surface area contributed by atoms with Gasteiger partial charge in [0.15, 0.2) is 0 Å². The fourth-order valence-electron chi connectivity index (χ4n) is 2.16. The van der Waals surface area contributed by atoms with Crippen LogP contribution in [0.15, 0.2) is 53.6 Å². The average Bonchev–Trinajstić information content (AvgIpc) is 3.04. The molecule has 0 spiro atoms. The van der Waals surface area contributed by atoms with Gasteiger partial charge in [-0.05, 0) is 24.3 Å². The number of hydrogen-bond donors (Lipinski definition) is 1. The molecule has 0 fully saturated rings. The van der Waals surface area contributed by atoms with Gasteiger partial charge in [0.05, 0.1) is 5.39 Å². The highest BCUT2D eigenvalue weighted by molar-refractivity contribution is 5.78. The van der Waals surface area contributed by atoms with Gasteiger partial charge in [-0.3, -0.25) is 9.59 Å². The molecule has 1 amide bonds. The number of rotatable bonds is 5. The quantitative estimate of drug-likeness (QED) is 0.739. The molecule has 7 heteroatoms. The summed E-state index contributed by atoms with van der Waals surface area (Å²) in [7, 11) is 0. The number of amides is 1. The Hall–Kier alpha value is -2.96. The summed E-state index contributed by atoms with van der Waals surface area (Å²) in [6, 6.07) is 10.8. The molecular formula is C15H15N5O2. The van der Waals surface area contributed by atoms with Crippen molar-refractivity contribution in [1.82, 2.24) is 24.9 Å². The lowest BCUT2D eigenvalue weighted by molar-refractivity contribution is -0.121. The van der Waals surface area contributed by atoms with Gasteiger partial charge < -0.3 is 9.88 Å². The molecule has 7 nitrogen and oxygen atoms in total. The summed E-state index contributed by atoms with van der Waals surface area (Å²) in [4.78, 5) is 24.1. The molecule has 1 N–H and O–H groups in total. The van der Waals surface area contributed by atoms with Crippen LogP contribution in [0.4, 0.5) is 0 Å². The Morgan fingerprint density at radius 1 is 1.14 bits per heavy atom. The van der Waals surface area contributed by atoms with Gasteiger partial charge >= 0.3 is 0 Å². The van der Waals surface area contributed by atoms with Crippen LogP contribution in [0.25, 0.3) is 10.9 Å². The van der Waals surface area contributed by atoms with Crippen LogP contribution in [0.1, 0.15) is 0 Å². The van der Waals surface area contributed by atoms with Crippen LogP contribution in [0.5, 0.6) is 0 Å². The summed E-state index contributed by atoms with van der Waals surface area (Å²) in [5, 5.41) is 11.0. The molecule has 0 saturated carbocycles. The van der Waals surface area contributed by atoms with E-state index in [0.717, 1.165) is 4.68 Å². The van der Waals surface area contributed by atoms with Crippen LogP contribution >= 0.6 is 0 Å². The zero-order valence-corrected chi connectivity index (χ0v) is 11.8. The predicted molar refractivity (Wildman–Crippen MR) is 81.2 cm³/mol. The summed E-state index contributed by atoms with van der Waals surface area (Å²) >= 11 is 0. The number of aromatic nitrogens is 4. The minimum Gasteiger partial charge on any atom is -0.353 e. The van der Waals surface area contributed by atoms with E-state index >= 15 is 0 Å². The smallest absolute Gasteiger partial charge is 0.278 e. The molecule has 2 heterocycles. The van der Waals surface area contributed by atoms with Crippen molar-refractivity contribution in [3.05, 3.63) is 59.1 Å². The predicted octanol–water partition coefficient (Wildman–Crippen LogP) is 0.409. The number of nitrogens with zero attached hydrogens (tertiary/aromatic N) is 4. The van der Waals surface area contributed by atoms with Gasteiger partial charge in [-0.1, -0.05) is 17.3 Å². The normalized spacial score (nSPS) is 10.7. The fourth-order valence-corrected chi connectivity index (χ4v) is 2.16. The van der Waals surface area contributed by atoms with Gasteiger partial charge in [0.25, 0.3) is 5.56 Å². The second-order valence-electron chi connectivity index (χ2n) is 4.84. The van der Waals surface area contributed by atoms with E-state index in [9.17, 15) is 9.59 Å². The number of benzene rings is 1. The number of fused-ring (bicyclic) bond motifs is 1. The van der Waals surface area contributed by atoms with Crippen molar-refractivity contribution in [2.75, 3.05) is 6.54 Å². The van der Waals surface area contributed by atoms with Gasteiger partial charge in [0.2, 0.25) is 5.91 Å². The number of nitrogens with one attached hydrogen (secondary N) is 1. The summed E-state index contributed by atoms with van der Waals surface area (Å²) in [5.74, 6) is -0.265. The first kappa shape index (κ1) is 14.0. The molecule has 112 valence electrons. The second kappa shape index (κ2) is 6.21. The molecule has 0 saturated heterocycles. The van der Waals surface area contributed by atoms with E-state index in [1.165, 1.54) is 0 Å². The lowest BCUT2D eigenvalue weighted by atomic mass is 10.2. The molecule has 0 aliphatic carbocycles. The van der Waals surface area contributed by atoms with Crippen LogP contribution in [-0.2, 0) is 17.9 Å². The molecule has 2 aromatic heterocycles. The van der Waals surface area contributed by atoms with Crippen molar-refractivity contribution in [3.8, 4) is 0 Å². The third-order valence-corrected chi connectivity index (χ3v) is 3.28. The third kappa shape index (κ3) is 3.03. The standard InChI is InChI=1S/C15H15N5O2/c21-14(16-7-10-19-8-3-4-9-19)11-20-15(22)12-5-1-2-6-13(12)17-18-20/h1-6,8-9H,7,10-11H2,(H,16,21). The summed E-state index contributed by atoms with van der Waals surface area (Å²) in [6.45, 7) is 1.03. The molecule has 0 aliphatic rings. The van der Waals surface area contributed by atoms with Crippen molar-refractivity contribution in [3.63, 3.8) is 0 Å². The van der Waals surface area contributed by atoms with E-state index in [1.54, 1.807) is 24.3 Å². The lowest BCUT2D eigenvalue weighted by Gasteiger charge is -2.07. The van der Waals surface area contributed by atoms with Gasteiger partial charge in [0, 0.05) is 25.5 Å². The average molecular weight is 297 g/mol. The molecule has 0 bridgehead atoms. The summed E-state index contributed by atoms with van der Waals surface area (Å²) in [5.41, 5.74) is 0.211. The molecular weight excluding hydrogens is 282 g/mol. The van der Waals surface area contributed by atoms with Gasteiger partial charge in [-0.25, -0.2) is 4.68 Å². The minimum absolute atomic E-state index is 0.137. The molecule has 3 aromatic rings. The largest absolute Gasteiger partial charge is 0.353 e. The van der Waals surface area contributed by atoms with E-state index in [1.807, 2.05) is 29.1 Å². The van der Waals surface area contributed by atoms with Gasteiger partial charge in [-0.15, -0.1) is 5.10 Å². The first-order chi connectivity index (χ1) is 10.7. The maximum Gasteiger partial charge on any atom is 0.278 e. The Morgan fingerprint density at radius 3 is 2.73 bits per heavy atom. The Morgan fingerprint density at radius 2 is 1.91 bits per heavy atom. The zero-order chi connectivity index (χ0) is 15.4. The SMILES string of the molecule is O=C(Cn1nnc2ccccc2c1=O)NCCn1cccc1. The van der Waals surface area contributed by atoms with Crippen molar-refractivity contribution in [2.45, 2.75) is 13.1 Å². The first-order valence-electron chi connectivity index (χ1n) is 6.94. The highest BCUT2D eigenvalue weighted by Gasteiger charge is 2.08. The molecule has 0 aliphatic heterocycles. The van der Waals surface area contributed by atoms with Crippen LogP contribution in [-0.4, -0.2) is 32.0 Å². The monoisotopic (exact) mass is 297 g/mol. The van der Waals surface area contributed by atoms with E-state index < -0.39 is 0 Å². The van der Waals surface area contributed by atoms with Crippen molar-refractivity contribution < 1.29 is 4.79 Å². The lowest BCUT2D eigenvalue weighted by Crippen LogP contribution is -2.35. The first-order valence-corrected chi connectivity index (χ1v) is 6.94. The van der Waals surface area contributed by atoms with Crippen LogP contribution in [0.2, 0.25) is 0 Å². The van der Waals surface area contributed by atoms with Crippen LogP contribution in [0.3, 0.4) is 0 Å². The number of carbonyl (C=O) groups excluding carboxylic acids is 1. The molecule has 1 aromatic carbocycles. The summed E-state index contributed by atoms with van der Waals surface area (Å²) in [6.07, 6.45) is 3.84. The van der Waals surface area contributed by atoms with E-state index in [0.29, 0.717) is 24.0 Å². The molecule has 0 radical (unpaired) electrons. The summed E-state index contributed by atoms with van der Waals surface area (Å²) < 4.78 is 3.04. The fraction of sp³-hybridized carbons (Fsp3) is 0.200. The maximum absolute atomic E-state index is 12.2. The van der Waals surface area contributed by atoms with Gasteiger partial charge in [-0.2, -0.15) is 0 Å². The van der Waals surface area contributed by atoms with E-state index in [-0.39, 0.29) is 18.0 Å². The molecule has 3 rings (SSSR count). The maximum atomic E-state index is 12.2. The topological polar surface area (TPSA) is 81.8 Å². The van der Waals surface area contributed by atoms with Crippen LogP contribution in [0, 0.1) is 0 Å². The molecule has 22 heavy (non-hydrogen) atoms. The second-order valence-corrected chi connectivity index (χ2v) is 4.84. The Balaban J connectivity index is 1.64.